The largest absolute Gasteiger partial charge is 0.359 e. The van der Waals surface area contributed by atoms with Crippen LogP contribution in [0.3, 0.4) is 0 Å². The molecule has 0 radical (unpaired) electrons. The molecule has 140 valence electrons. The molecule has 0 saturated heterocycles. The number of hydrogen-bond donors (Lipinski definition) is 3. The van der Waals surface area contributed by atoms with E-state index in [0.717, 1.165) is 16.7 Å². The molecule has 0 saturated carbocycles. The van der Waals surface area contributed by atoms with Gasteiger partial charge < -0.3 is 16.0 Å². The van der Waals surface area contributed by atoms with Gasteiger partial charge in [-0.2, -0.15) is 0 Å². The highest BCUT2D eigenvalue weighted by molar-refractivity contribution is 5.92. The van der Waals surface area contributed by atoms with Crippen molar-refractivity contribution in [1.29, 1.82) is 0 Å². The van der Waals surface area contributed by atoms with Gasteiger partial charge in [0.2, 0.25) is 17.7 Å². The lowest BCUT2D eigenvalue weighted by Gasteiger charge is -2.12. The Kier molecular flexibility index (Phi) is 6.88. The monoisotopic (exact) mass is 365 g/mol. The molecule has 6 heteroatoms. The van der Waals surface area contributed by atoms with Gasteiger partial charge in [-0.1, -0.05) is 30.3 Å². The minimum Gasteiger partial charge on any atom is -0.359 e. The number of amides is 3. The first-order valence-corrected chi connectivity index (χ1v) is 8.56. The highest BCUT2D eigenvalue weighted by Gasteiger charge is 2.09. The fourth-order valence-electron chi connectivity index (χ4n) is 2.63. The van der Waals surface area contributed by atoms with Gasteiger partial charge in [0.1, 0.15) is 0 Å². The Morgan fingerprint density at radius 1 is 0.852 bits per heavy atom. The van der Waals surface area contributed by atoms with Crippen LogP contribution >= 0.6 is 0 Å². The van der Waals surface area contributed by atoms with Crippen LogP contribution in [0, 0.1) is 0 Å². The van der Waals surface area contributed by atoms with Crippen LogP contribution in [0.15, 0.2) is 54.6 Å². The van der Waals surface area contributed by atoms with Gasteiger partial charge >= 0.3 is 0 Å². The number of hydrogen-bond acceptors (Lipinski definition) is 3. The lowest BCUT2D eigenvalue weighted by atomic mass is 9.96. The van der Waals surface area contributed by atoms with Crippen LogP contribution in [0.2, 0.25) is 0 Å². The predicted molar refractivity (Wildman–Crippen MR) is 107 cm³/mol. The Balaban J connectivity index is 2.48. The molecule has 3 amide bonds. The zero-order chi connectivity index (χ0) is 19.8. The van der Waals surface area contributed by atoms with Crippen molar-refractivity contribution in [2.75, 3.05) is 17.7 Å². The minimum atomic E-state index is -0.157. The summed E-state index contributed by atoms with van der Waals surface area (Å²) in [4.78, 5) is 34.4. The normalized spacial score (nSPS) is 9.89. The number of carbonyl (C=O) groups excluding carboxylic acids is 3. The van der Waals surface area contributed by atoms with E-state index in [1.165, 1.54) is 13.8 Å². The van der Waals surface area contributed by atoms with E-state index in [0.29, 0.717) is 11.4 Å². The van der Waals surface area contributed by atoms with Crippen LogP contribution in [0.25, 0.3) is 5.57 Å². The van der Waals surface area contributed by atoms with Crippen molar-refractivity contribution >= 4 is 34.7 Å². The maximum atomic E-state index is 11.7. The number of rotatable bonds is 6. The Morgan fingerprint density at radius 3 is 1.74 bits per heavy atom. The standard InChI is InChI=1S/C21H23N3O3/c1-14(25)23-18-8-4-6-16(12-18)20(10-11-21(27)22-3)17-7-5-9-19(13-17)24-15(2)26/h4-10,12-13H,11H2,1-3H3,(H,22,27)(H,23,25)(H,24,26). The van der Waals surface area contributed by atoms with Crippen molar-refractivity contribution in [2.45, 2.75) is 20.3 Å². The first-order valence-electron chi connectivity index (χ1n) is 8.56. The molecule has 0 aliphatic heterocycles. The van der Waals surface area contributed by atoms with Gasteiger partial charge in [-0.25, -0.2) is 0 Å². The Hall–Kier alpha value is -3.41. The summed E-state index contributed by atoms with van der Waals surface area (Å²) in [6, 6.07) is 14.8. The first kappa shape index (κ1) is 19.9. The Labute approximate surface area is 158 Å². The molecule has 2 aromatic rings. The van der Waals surface area contributed by atoms with Crippen molar-refractivity contribution in [2.24, 2.45) is 0 Å². The summed E-state index contributed by atoms with van der Waals surface area (Å²) in [5.41, 5.74) is 3.88. The molecule has 0 aliphatic rings. The number of carbonyl (C=O) groups is 3. The van der Waals surface area contributed by atoms with Crippen molar-refractivity contribution in [1.82, 2.24) is 5.32 Å². The van der Waals surface area contributed by atoms with Gasteiger partial charge in [0.25, 0.3) is 0 Å². The summed E-state index contributed by atoms with van der Waals surface area (Å²) in [5, 5.41) is 8.13. The summed E-state index contributed by atoms with van der Waals surface area (Å²) in [6.45, 7) is 2.90. The van der Waals surface area contributed by atoms with Gasteiger partial charge in [0.05, 0.1) is 0 Å². The van der Waals surface area contributed by atoms with Gasteiger partial charge in [0, 0.05) is 38.7 Å². The SMILES string of the molecule is CNC(=O)CC=C(c1cccc(NC(C)=O)c1)c1cccc(NC(C)=O)c1. The molecule has 0 atom stereocenters. The van der Waals surface area contributed by atoms with Crippen molar-refractivity contribution in [3.05, 3.63) is 65.7 Å². The second kappa shape index (κ2) is 9.33. The molecule has 0 aromatic heterocycles. The minimum absolute atomic E-state index is 0.108. The Bertz CT molecular complexity index is 826. The lowest BCUT2D eigenvalue weighted by molar-refractivity contribution is -0.119. The molecule has 0 bridgehead atoms. The van der Waals surface area contributed by atoms with E-state index < -0.39 is 0 Å². The van der Waals surface area contributed by atoms with Crippen LogP contribution in [0.1, 0.15) is 31.4 Å². The second-order valence-corrected chi connectivity index (χ2v) is 6.02. The molecule has 27 heavy (non-hydrogen) atoms. The molecule has 0 heterocycles. The van der Waals surface area contributed by atoms with Gasteiger partial charge in [0.15, 0.2) is 0 Å². The molecule has 6 nitrogen and oxygen atoms in total. The summed E-state index contributed by atoms with van der Waals surface area (Å²) in [5.74, 6) is -0.421. The van der Waals surface area contributed by atoms with Crippen LogP contribution < -0.4 is 16.0 Å². The maximum Gasteiger partial charge on any atom is 0.223 e. The van der Waals surface area contributed by atoms with E-state index in [2.05, 4.69) is 16.0 Å². The third-order valence-corrected chi connectivity index (χ3v) is 3.76. The zero-order valence-electron chi connectivity index (χ0n) is 15.6. The molecular weight excluding hydrogens is 342 g/mol. The van der Waals surface area contributed by atoms with Crippen molar-refractivity contribution < 1.29 is 14.4 Å². The molecule has 2 aromatic carbocycles. The summed E-state index contributed by atoms with van der Waals surface area (Å²) >= 11 is 0. The quantitative estimate of drug-likeness (QED) is 0.735. The fourth-order valence-corrected chi connectivity index (χ4v) is 2.63. The Morgan fingerprint density at radius 2 is 1.33 bits per heavy atom. The fraction of sp³-hybridized carbons (Fsp3) is 0.190. The molecular formula is C21H23N3O3. The number of nitrogens with one attached hydrogen (secondary N) is 3. The molecule has 0 unspecified atom stereocenters. The summed E-state index contributed by atoms with van der Waals surface area (Å²) in [6.07, 6.45) is 2.04. The molecule has 0 aliphatic carbocycles. The van der Waals surface area contributed by atoms with Crippen LogP contribution in [0.5, 0.6) is 0 Å². The van der Waals surface area contributed by atoms with E-state index in [1.54, 1.807) is 19.2 Å². The smallest absolute Gasteiger partial charge is 0.223 e. The van der Waals surface area contributed by atoms with Crippen LogP contribution in [-0.2, 0) is 14.4 Å². The van der Waals surface area contributed by atoms with Crippen LogP contribution in [-0.4, -0.2) is 24.8 Å². The van der Waals surface area contributed by atoms with Gasteiger partial charge in [-0.05, 0) is 41.0 Å². The number of benzene rings is 2. The van der Waals surface area contributed by atoms with E-state index >= 15 is 0 Å². The maximum absolute atomic E-state index is 11.7. The third kappa shape index (κ3) is 6.11. The predicted octanol–water partition coefficient (Wildman–Crippen LogP) is 3.17. The molecule has 0 fully saturated rings. The van der Waals surface area contributed by atoms with Gasteiger partial charge in [-0.3, -0.25) is 14.4 Å². The highest BCUT2D eigenvalue weighted by Crippen LogP contribution is 2.28. The molecule has 2 rings (SSSR count). The van der Waals surface area contributed by atoms with E-state index in [9.17, 15) is 14.4 Å². The van der Waals surface area contributed by atoms with Crippen LogP contribution in [0.4, 0.5) is 11.4 Å². The van der Waals surface area contributed by atoms with Gasteiger partial charge in [-0.15, -0.1) is 0 Å². The average Bonchev–Trinajstić information content (AvgIpc) is 2.61. The number of anilines is 2. The third-order valence-electron chi connectivity index (χ3n) is 3.76. The summed E-state index contributed by atoms with van der Waals surface area (Å²) < 4.78 is 0. The molecule has 3 N–H and O–H groups in total. The summed E-state index contributed by atoms with van der Waals surface area (Å²) in [7, 11) is 1.59. The second-order valence-electron chi connectivity index (χ2n) is 6.02. The molecule has 0 spiro atoms. The topological polar surface area (TPSA) is 87.3 Å². The van der Waals surface area contributed by atoms with E-state index in [4.69, 9.17) is 0 Å². The van der Waals surface area contributed by atoms with Crippen molar-refractivity contribution in [3.8, 4) is 0 Å². The average molecular weight is 365 g/mol. The highest BCUT2D eigenvalue weighted by atomic mass is 16.2. The lowest BCUT2D eigenvalue weighted by Crippen LogP contribution is -2.16. The first-order chi connectivity index (χ1) is 12.9. The van der Waals surface area contributed by atoms with E-state index in [1.807, 2.05) is 42.5 Å². The zero-order valence-corrected chi connectivity index (χ0v) is 15.6. The van der Waals surface area contributed by atoms with Crippen molar-refractivity contribution in [3.63, 3.8) is 0 Å². The van der Waals surface area contributed by atoms with E-state index in [-0.39, 0.29) is 24.1 Å².